The van der Waals surface area contributed by atoms with Crippen molar-refractivity contribution in [2.75, 3.05) is 0 Å². The minimum atomic E-state index is -3.85. The van der Waals surface area contributed by atoms with Crippen molar-refractivity contribution >= 4 is 11.6 Å². The molecule has 0 fully saturated rings. The smallest absolute Gasteiger partial charge is 0.426 e. The fraction of sp³-hybridized carbons (Fsp3) is 0.304. The van der Waals surface area contributed by atoms with Crippen LogP contribution in [0.15, 0.2) is 48.8 Å². The number of halogens is 5. The zero-order valence-electron chi connectivity index (χ0n) is 16.8. The number of unbranched alkanes of at least 4 members (excludes halogenated alkanes) is 3. The highest BCUT2D eigenvalue weighted by Crippen LogP contribution is 2.33. The molecule has 31 heavy (non-hydrogen) atoms. The molecule has 3 rings (SSSR count). The van der Waals surface area contributed by atoms with E-state index in [9.17, 15) is 17.6 Å². The lowest BCUT2D eigenvalue weighted by molar-refractivity contribution is -0.192. The van der Waals surface area contributed by atoms with E-state index in [4.69, 9.17) is 11.6 Å². The topological polar surface area (TPSA) is 35.0 Å². The zero-order chi connectivity index (χ0) is 22.4. The molecule has 0 radical (unpaired) electrons. The fourth-order valence-electron chi connectivity index (χ4n) is 3.04. The Kier molecular flexibility index (Phi) is 7.49. The monoisotopic (exact) mass is 452 g/mol. The fourth-order valence-corrected chi connectivity index (χ4v) is 3.16. The van der Waals surface area contributed by atoms with Gasteiger partial charge in [0.15, 0.2) is 0 Å². The summed E-state index contributed by atoms with van der Waals surface area (Å²) < 4.78 is 61.6. The van der Waals surface area contributed by atoms with E-state index in [-0.39, 0.29) is 16.1 Å². The molecule has 0 spiro atoms. The van der Waals surface area contributed by atoms with E-state index in [0.717, 1.165) is 43.4 Å². The van der Waals surface area contributed by atoms with Gasteiger partial charge in [-0.15, -0.1) is 0 Å². The summed E-state index contributed by atoms with van der Waals surface area (Å²) in [5, 5.41) is -0.101. The largest absolute Gasteiger partial charge is 0.462 e. The van der Waals surface area contributed by atoms with E-state index in [1.807, 2.05) is 0 Å². The van der Waals surface area contributed by atoms with Gasteiger partial charge in [0, 0.05) is 24.0 Å². The lowest BCUT2D eigenvalue weighted by Crippen LogP contribution is -2.25. The minimum absolute atomic E-state index is 0.0231. The molecule has 0 aliphatic heterocycles. The summed E-state index contributed by atoms with van der Waals surface area (Å²) in [6, 6.07) is 6.97. The number of hydrogen-bond donors (Lipinski definition) is 0. The molecule has 0 atom stereocenters. The Morgan fingerprint density at radius 2 is 1.68 bits per heavy atom. The standard InChI is InChI=1S/C23H21ClF4N2O/c1-2-3-4-5-6-15-13-29-22(30-14-15)23(27,28)31-17-8-9-18(20(25)12-17)16-7-10-19(24)21(26)11-16/h7-14H,2-6H2,1H3. The molecule has 164 valence electrons. The van der Waals surface area contributed by atoms with Crippen molar-refractivity contribution in [2.45, 2.75) is 45.1 Å². The van der Waals surface area contributed by atoms with Gasteiger partial charge in [-0.3, -0.25) is 0 Å². The molecule has 3 aromatic rings. The first kappa shape index (κ1) is 23.0. The maximum Gasteiger partial charge on any atom is 0.462 e. The number of ether oxygens (including phenoxy) is 1. The Labute approximate surface area is 183 Å². The molecule has 0 unspecified atom stereocenters. The SMILES string of the molecule is CCCCCCc1cnc(C(F)(F)Oc2ccc(-c3ccc(Cl)c(F)c3)c(F)c2)nc1. The van der Waals surface area contributed by atoms with Crippen LogP contribution >= 0.6 is 11.6 Å². The molecular formula is C23H21ClF4N2O. The van der Waals surface area contributed by atoms with Crippen molar-refractivity contribution < 1.29 is 22.3 Å². The first-order valence-electron chi connectivity index (χ1n) is 9.93. The highest BCUT2D eigenvalue weighted by Gasteiger charge is 2.38. The lowest BCUT2D eigenvalue weighted by atomic mass is 10.0. The summed E-state index contributed by atoms with van der Waals surface area (Å²) in [7, 11) is 0. The van der Waals surface area contributed by atoms with Gasteiger partial charge in [-0.25, -0.2) is 18.7 Å². The number of hydrogen-bond acceptors (Lipinski definition) is 3. The van der Waals surface area contributed by atoms with Gasteiger partial charge in [-0.2, -0.15) is 8.78 Å². The second-order valence-electron chi connectivity index (χ2n) is 7.11. The summed E-state index contributed by atoms with van der Waals surface area (Å²) in [6.07, 6.45) is 3.79. The average molecular weight is 453 g/mol. The van der Waals surface area contributed by atoms with Crippen LogP contribution in [0.2, 0.25) is 5.02 Å². The van der Waals surface area contributed by atoms with E-state index in [1.165, 1.54) is 36.7 Å². The molecule has 0 aliphatic rings. The van der Waals surface area contributed by atoms with Crippen LogP contribution in [0.1, 0.15) is 44.0 Å². The molecule has 0 amide bonds. The lowest BCUT2D eigenvalue weighted by Gasteiger charge is -2.17. The van der Waals surface area contributed by atoms with Crippen molar-refractivity contribution in [1.82, 2.24) is 9.97 Å². The molecule has 0 saturated heterocycles. The minimum Gasteiger partial charge on any atom is -0.426 e. The Hall–Kier alpha value is -2.67. The summed E-state index contributed by atoms with van der Waals surface area (Å²) in [6.45, 7) is 2.11. The van der Waals surface area contributed by atoms with Crippen LogP contribution in [0, 0.1) is 11.6 Å². The van der Waals surface area contributed by atoms with Gasteiger partial charge in [0.2, 0.25) is 5.82 Å². The quantitative estimate of drug-likeness (QED) is 0.252. The maximum absolute atomic E-state index is 14.5. The number of aryl methyl sites for hydroxylation is 1. The Morgan fingerprint density at radius 1 is 0.935 bits per heavy atom. The van der Waals surface area contributed by atoms with Crippen LogP contribution in [0.3, 0.4) is 0 Å². The third-order valence-corrected chi connectivity index (χ3v) is 5.01. The van der Waals surface area contributed by atoms with Gasteiger partial charge in [0.1, 0.15) is 17.4 Å². The average Bonchev–Trinajstić information content (AvgIpc) is 2.73. The van der Waals surface area contributed by atoms with Crippen LogP contribution in [-0.4, -0.2) is 9.97 Å². The zero-order valence-corrected chi connectivity index (χ0v) is 17.6. The third-order valence-electron chi connectivity index (χ3n) is 4.70. The Bertz CT molecular complexity index is 1030. The predicted molar refractivity (Wildman–Crippen MR) is 111 cm³/mol. The van der Waals surface area contributed by atoms with Crippen molar-refractivity contribution in [1.29, 1.82) is 0 Å². The molecule has 0 saturated carbocycles. The van der Waals surface area contributed by atoms with E-state index >= 15 is 0 Å². The van der Waals surface area contributed by atoms with Gasteiger partial charge in [0.05, 0.1) is 5.02 Å². The predicted octanol–water partition coefficient (Wildman–Crippen LogP) is 7.33. The van der Waals surface area contributed by atoms with E-state index < -0.39 is 29.3 Å². The van der Waals surface area contributed by atoms with Crippen LogP contribution in [0.5, 0.6) is 5.75 Å². The second kappa shape index (κ2) is 10.1. The van der Waals surface area contributed by atoms with Crippen molar-refractivity contribution in [3.63, 3.8) is 0 Å². The number of aromatic nitrogens is 2. The van der Waals surface area contributed by atoms with E-state index in [2.05, 4.69) is 21.6 Å². The van der Waals surface area contributed by atoms with Crippen LogP contribution in [-0.2, 0) is 12.5 Å². The molecule has 0 aliphatic carbocycles. The maximum atomic E-state index is 14.5. The van der Waals surface area contributed by atoms with Gasteiger partial charge in [0.25, 0.3) is 0 Å². The highest BCUT2D eigenvalue weighted by atomic mass is 35.5. The number of benzene rings is 2. The summed E-state index contributed by atoms with van der Waals surface area (Å²) in [5.41, 5.74) is 1.01. The molecule has 0 bridgehead atoms. The number of rotatable bonds is 9. The molecular weight excluding hydrogens is 432 g/mol. The normalized spacial score (nSPS) is 11.5. The molecule has 1 aromatic heterocycles. The summed E-state index contributed by atoms with van der Waals surface area (Å²) >= 11 is 5.63. The highest BCUT2D eigenvalue weighted by molar-refractivity contribution is 6.30. The van der Waals surface area contributed by atoms with E-state index in [0.29, 0.717) is 6.42 Å². The van der Waals surface area contributed by atoms with Crippen LogP contribution in [0.4, 0.5) is 17.6 Å². The summed E-state index contributed by atoms with van der Waals surface area (Å²) in [5.74, 6) is -2.78. The van der Waals surface area contributed by atoms with Crippen molar-refractivity contribution in [2.24, 2.45) is 0 Å². The van der Waals surface area contributed by atoms with Crippen LogP contribution < -0.4 is 4.74 Å². The number of nitrogens with zero attached hydrogens (tertiary/aromatic N) is 2. The van der Waals surface area contributed by atoms with Crippen LogP contribution in [0.25, 0.3) is 11.1 Å². The third kappa shape index (κ3) is 5.94. The molecule has 8 heteroatoms. The van der Waals surface area contributed by atoms with Gasteiger partial charge < -0.3 is 4.74 Å². The Morgan fingerprint density at radius 3 is 2.32 bits per heavy atom. The second-order valence-corrected chi connectivity index (χ2v) is 7.52. The number of alkyl halides is 2. The van der Waals surface area contributed by atoms with Crippen molar-refractivity contribution in [3.05, 3.63) is 76.8 Å². The van der Waals surface area contributed by atoms with Gasteiger partial charge in [-0.05, 0) is 48.2 Å². The summed E-state index contributed by atoms with van der Waals surface area (Å²) in [4.78, 5) is 7.43. The molecule has 2 aromatic carbocycles. The molecule has 0 N–H and O–H groups in total. The van der Waals surface area contributed by atoms with Gasteiger partial charge >= 0.3 is 6.11 Å². The first-order chi connectivity index (χ1) is 14.8. The molecule has 1 heterocycles. The van der Waals surface area contributed by atoms with Crippen molar-refractivity contribution in [3.8, 4) is 16.9 Å². The molecule has 3 nitrogen and oxygen atoms in total. The van der Waals surface area contributed by atoms with Gasteiger partial charge in [-0.1, -0.05) is 43.9 Å². The van der Waals surface area contributed by atoms with E-state index in [1.54, 1.807) is 0 Å². The Balaban J connectivity index is 1.70. The first-order valence-corrected chi connectivity index (χ1v) is 10.3.